The topological polar surface area (TPSA) is 43.1 Å². The summed E-state index contributed by atoms with van der Waals surface area (Å²) in [6.07, 6.45) is 1.18. The van der Waals surface area contributed by atoms with Crippen molar-refractivity contribution in [3.63, 3.8) is 0 Å². The second-order valence-electron chi connectivity index (χ2n) is 2.96. The summed E-state index contributed by atoms with van der Waals surface area (Å²) >= 11 is 0. The van der Waals surface area contributed by atoms with Crippen molar-refractivity contribution in [1.82, 2.24) is 0 Å². The van der Waals surface area contributed by atoms with E-state index in [4.69, 9.17) is 5.73 Å². The number of hydrogen-bond donors (Lipinski definition) is 1. The molecule has 0 aliphatic rings. The van der Waals surface area contributed by atoms with E-state index in [0.717, 1.165) is 6.42 Å². The highest BCUT2D eigenvalue weighted by Crippen LogP contribution is 2.05. The first-order chi connectivity index (χ1) is 5.68. The number of hydrogen-bond acceptors (Lipinski definition) is 1. The molecule has 0 unspecified atom stereocenters. The molecule has 1 rings (SSSR count). The van der Waals surface area contributed by atoms with Gasteiger partial charge in [-0.15, -0.1) is 0 Å². The number of aryl methyl sites for hydroxylation is 2. The third-order valence-corrected chi connectivity index (χ3v) is 1.74. The molecular formula is C10H13NO. The Morgan fingerprint density at radius 2 is 2.25 bits per heavy atom. The smallest absolute Gasteiger partial charge is 0.217 e. The van der Waals surface area contributed by atoms with Crippen molar-refractivity contribution in [3.8, 4) is 0 Å². The molecule has 64 valence electrons. The third-order valence-electron chi connectivity index (χ3n) is 1.74. The Hall–Kier alpha value is -1.31. The van der Waals surface area contributed by atoms with Crippen LogP contribution in [0.3, 0.4) is 0 Å². The van der Waals surface area contributed by atoms with Gasteiger partial charge in [-0.25, -0.2) is 0 Å². The number of carbonyl (C=O) groups excluding carboxylic acids is 1. The largest absolute Gasteiger partial charge is 0.370 e. The number of benzene rings is 1. The van der Waals surface area contributed by atoms with E-state index in [1.54, 1.807) is 0 Å². The summed E-state index contributed by atoms with van der Waals surface area (Å²) in [6, 6.07) is 8.11. The van der Waals surface area contributed by atoms with E-state index in [1.165, 1.54) is 11.1 Å². The lowest BCUT2D eigenvalue weighted by atomic mass is 10.1. The van der Waals surface area contributed by atoms with Crippen molar-refractivity contribution >= 4 is 5.91 Å². The van der Waals surface area contributed by atoms with Gasteiger partial charge in [0.1, 0.15) is 0 Å². The van der Waals surface area contributed by atoms with Crippen molar-refractivity contribution in [2.45, 2.75) is 19.8 Å². The SMILES string of the molecule is Cc1cccc(CCC(N)=O)c1. The highest BCUT2D eigenvalue weighted by molar-refractivity contribution is 5.73. The van der Waals surface area contributed by atoms with Crippen LogP contribution in [0.5, 0.6) is 0 Å². The molecule has 0 atom stereocenters. The fraction of sp³-hybridized carbons (Fsp3) is 0.300. The molecule has 0 saturated heterocycles. The molecule has 1 amide bonds. The van der Waals surface area contributed by atoms with Crippen LogP contribution in [0.25, 0.3) is 0 Å². The van der Waals surface area contributed by atoms with Crippen LogP contribution in [-0.4, -0.2) is 5.91 Å². The van der Waals surface area contributed by atoms with E-state index in [9.17, 15) is 4.79 Å². The molecule has 0 aromatic heterocycles. The molecule has 0 aliphatic heterocycles. The molecule has 0 saturated carbocycles. The van der Waals surface area contributed by atoms with Gasteiger partial charge in [0.15, 0.2) is 0 Å². The molecule has 0 spiro atoms. The predicted molar refractivity (Wildman–Crippen MR) is 48.7 cm³/mol. The number of nitrogens with two attached hydrogens (primary N) is 1. The lowest BCUT2D eigenvalue weighted by Gasteiger charge is -1.99. The highest BCUT2D eigenvalue weighted by atomic mass is 16.1. The first-order valence-corrected chi connectivity index (χ1v) is 4.02. The monoisotopic (exact) mass is 163 g/mol. The zero-order chi connectivity index (χ0) is 8.97. The Kier molecular flexibility index (Phi) is 2.86. The first kappa shape index (κ1) is 8.78. The fourth-order valence-corrected chi connectivity index (χ4v) is 1.14. The highest BCUT2D eigenvalue weighted by Gasteiger charge is 1.96. The molecule has 2 N–H and O–H groups in total. The number of carbonyl (C=O) groups is 1. The van der Waals surface area contributed by atoms with Crippen LogP contribution in [0.15, 0.2) is 24.3 Å². The van der Waals surface area contributed by atoms with E-state index >= 15 is 0 Å². The predicted octanol–water partition coefficient (Wildman–Crippen LogP) is 1.41. The van der Waals surface area contributed by atoms with Crippen molar-refractivity contribution in [2.75, 3.05) is 0 Å². The quantitative estimate of drug-likeness (QED) is 0.719. The number of amides is 1. The second-order valence-corrected chi connectivity index (χ2v) is 2.96. The van der Waals surface area contributed by atoms with Crippen LogP contribution in [-0.2, 0) is 11.2 Å². The Labute approximate surface area is 72.4 Å². The van der Waals surface area contributed by atoms with E-state index in [2.05, 4.69) is 6.07 Å². The number of primary amides is 1. The zero-order valence-corrected chi connectivity index (χ0v) is 7.21. The summed E-state index contributed by atoms with van der Waals surface area (Å²) in [5, 5.41) is 0. The van der Waals surface area contributed by atoms with Gasteiger partial charge in [-0.2, -0.15) is 0 Å². The van der Waals surface area contributed by atoms with E-state index < -0.39 is 0 Å². The van der Waals surface area contributed by atoms with Gasteiger partial charge in [0, 0.05) is 6.42 Å². The van der Waals surface area contributed by atoms with Crippen LogP contribution < -0.4 is 5.73 Å². The second kappa shape index (κ2) is 3.90. The van der Waals surface area contributed by atoms with Gasteiger partial charge in [0.2, 0.25) is 5.91 Å². The van der Waals surface area contributed by atoms with Gasteiger partial charge in [-0.1, -0.05) is 29.8 Å². The van der Waals surface area contributed by atoms with Crippen LogP contribution in [0.2, 0.25) is 0 Å². The summed E-state index contributed by atoms with van der Waals surface area (Å²) in [5.41, 5.74) is 7.43. The standard InChI is InChI=1S/C10H13NO/c1-8-3-2-4-9(7-8)5-6-10(11)12/h2-4,7H,5-6H2,1H3,(H2,11,12). The normalized spacial score (nSPS) is 9.75. The van der Waals surface area contributed by atoms with Crippen molar-refractivity contribution in [2.24, 2.45) is 5.73 Å². The molecule has 1 aromatic rings. The maximum absolute atomic E-state index is 10.5. The van der Waals surface area contributed by atoms with Gasteiger partial charge in [-0.3, -0.25) is 4.79 Å². The van der Waals surface area contributed by atoms with Crippen LogP contribution >= 0.6 is 0 Å². The summed E-state index contributed by atoms with van der Waals surface area (Å²) in [4.78, 5) is 10.5. The maximum atomic E-state index is 10.5. The van der Waals surface area contributed by atoms with E-state index in [1.807, 2.05) is 25.1 Å². The molecular weight excluding hydrogens is 150 g/mol. The van der Waals surface area contributed by atoms with E-state index in [0.29, 0.717) is 6.42 Å². The lowest BCUT2D eigenvalue weighted by molar-refractivity contribution is -0.117. The lowest BCUT2D eigenvalue weighted by Crippen LogP contribution is -2.11. The zero-order valence-electron chi connectivity index (χ0n) is 7.21. The van der Waals surface area contributed by atoms with Crippen LogP contribution in [0.1, 0.15) is 17.5 Å². The molecule has 2 nitrogen and oxygen atoms in total. The van der Waals surface area contributed by atoms with Crippen molar-refractivity contribution in [1.29, 1.82) is 0 Å². The van der Waals surface area contributed by atoms with Crippen LogP contribution in [0.4, 0.5) is 0 Å². The molecule has 2 heteroatoms. The summed E-state index contributed by atoms with van der Waals surface area (Å²) < 4.78 is 0. The van der Waals surface area contributed by atoms with Crippen LogP contribution in [0, 0.1) is 6.92 Å². The molecule has 0 bridgehead atoms. The Balaban J connectivity index is 2.57. The average Bonchev–Trinajstić information content (AvgIpc) is 2.01. The van der Waals surface area contributed by atoms with Gasteiger partial charge in [-0.05, 0) is 18.9 Å². The average molecular weight is 163 g/mol. The minimum absolute atomic E-state index is 0.239. The molecule has 0 fully saturated rings. The van der Waals surface area contributed by atoms with Gasteiger partial charge < -0.3 is 5.73 Å². The van der Waals surface area contributed by atoms with Crippen molar-refractivity contribution < 1.29 is 4.79 Å². The Bertz CT molecular complexity index is 281. The Morgan fingerprint density at radius 1 is 1.50 bits per heavy atom. The van der Waals surface area contributed by atoms with Gasteiger partial charge in [0.05, 0.1) is 0 Å². The molecule has 0 aliphatic carbocycles. The minimum Gasteiger partial charge on any atom is -0.370 e. The first-order valence-electron chi connectivity index (χ1n) is 4.02. The Morgan fingerprint density at radius 3 is 2.83 bits per heavy atom. The summed E-state index contributed by atoms with van der Waals surface area (Å²) in [6.45, 7) is 2.04. The van der Waals surface area contributed by atoms with Crippen molar-refractivity contribution in [3.05, 3.63) is 35.4 Å². The summed E-state index contributed by atoms with van der Waals surface area (Å²) in [5.74, 6) is -0.239. The fourth-order valence-electron chi connectivity index (χ4n) is 1.14. The molecule has 1 aromatic carbocycles. The summed E-state index contributed by atoms with van der Waals surface area (Å²) in [7, 11) is 0. The molecule has 0 heterocycles. The maximum Gasteiger partial charge on any atom is 0.217 e. The van der Waals surface area contributed by atoms with E-state index in [-0.39, 0.29) is 5.91 Å². The molecule has 0 radical (unpaired) electrons. The third kappa shape index (κ3) is 2.74. The van der Waals surface area contributed by atoms with Gasteiger partial charge >= 0.3 is 0 Å². The van der Waals surface area contributed by atoms with Gasteiger partial charge in [0.25, 0.3) is 0 Å². The molecule has 12 heavy (non-hydrogen) atoms. The number of rotatable bonds is 3. The minimum atomic E-state index is -0.239.